The smallest absolute Gasteiger partial charge is 0.264 e. The van der Waals surface area contributed by atoms with Crippen molar-refractivity contribution < 1.29 is 9.53 Å². The van der Waals surface area contributed by atoms with Crippen LogP contribution in [0.25, 0.3) is 16.9 Å². The Balaban J connectivity index is 1.50. The predicted molar refractivity (Wildman–Crippen MR) is 136 cm³/mol. The number of nitrogens with zero attached hydrogens (tertiary/aromatic N) is 6. The highest BCUT2D eigenvalue weighted by Crippen LogP contribution is 2.33. The van der Waals surface area contributed by atoms with Crippen molar-refractivity contribution in [3.05, 3.63) is 47.0 Å². The SMILES string of the molecule is CCN(CC)C(=O)c1sc(Nc2nc(C)cn3c(-c4cn[nH]c4)cnc23)cc1CN1CCOCC1. The van der Waals surface area contributed by atoms with Crippen molar-refractivity contribution in [1.29, 1.82) is 0 Å². The molecule has 0 saturated carbocycles. The molecule has 0 radical (unpaired) electrons. The molecule has 0 spiro atoms. The lowest BCUT2D eigenvalue weighted by molar-refractivity contribution is 0.0341. The van der Waals surface area contributed by atoms with Crippen LogP contribution in [0.4, 0.5) is 10.8 Å². The third-order valence-corrected chi connectivity index (χ3v) is 7.28. The summed E-state index contributed by atoms with van der Waals surface area (Å²) in [5.41, 5.74) is 4.48. The Kier molecular flexibility index (Phi) is 6.80. The number of imidazole rings is 1. The van der Waals surface area contributed by atoms with Crippen molar-refractivity contribution in [3.63, 3.8) is 0 Å². The topological polar surface area (TPSA) is 104 Å². The van der Waals surface area contributed by atoms with Crippen LogP contribution in [0.5, 0.6) is 0 Å². The summed E-state index contributed by atoms with van der Waals surface area (Å²) in [6.07, 6.45) is 7.40. The first kappa shape index (κ1) is 23.5. The van der Waals surface area contributed by atoms with Crippen LogP contribution in [0.3, 0.4) is 0 Å². The number of ether oxygens (including phenoxy) is 1. The minimum absolute atomic E-state index is 0.0710. The molecule has 184 valence electrons. The highest BCUT2D eigenvalue weighted by molar-refractivity contribution is 7.18. The Morgan fingerprint density at radius 2 is 2.06 bits per heavy atom. The Hall–Kier alpha value is -3.28. The van der Waals surface area contributed by atoms with E-state index in [1.54, 1.807) is 6.20 Å². The van der Waals surface area contributed by atoms with E-state index in [-0.39, 0.29) is 5.91 Å². The number of amides is 1. The third-order valence-electron chi connectivity index (χ3n) is 6.20. The number of hydrogen-bond acceptors (Lipinski definition) is 8. The fraction of sp³-hybridized carbons (Fsp3) is 0.417. The summed E-state index contributed by atoms with van der Waals surface area (Å²) in [6.45, 7) is 11.2. The average Bonchev–Trinajstić information content (AvgIpc) is 3.60. The largest absolute Gasteiger partial charge is 0.379 e. The number of carbonyl (C=O) groups is 1. The summed E-state index contributed by atoms with van der Waals surface area (Å²) in [6, 6.07) is 2.08. The van der Waals surface area contributed by atoms with Gasteiger partial charge in [0.15, 0.2) is 11.5 Å². The molecule has 0 bridgehead atoms. The predicted octanol–water partition coefficient (Wildman–Crippen LogP) is 3.55. The van der Waals surface area contributed by atoms with Crippen molar-refractivity contribution >= 4 is 33.7 Å². The first-order valence-electron chi connectivity index (χ1n) is 11.9. The van der Waals surface area contributed by atoms with E-state index in [2.05, 4.69) is 31.5 Å². The van der Waals surface area contributed by atoms with Gasteiger partial charge in [0.2, 0.25) is 0 Å². The van der Waals surface area contributed by atoms with Gasteiger partial charge in [0.25, 0.3) is 5.91 Å². The van der Waals surface area contributed by atoms with Crippen LogP contribution in [-0.4, -0.2) is 79.7 Å². The van der Waals surface area contributed by atoms with E-state index in [0.717, 1.165) is 58.7 Å². The molecule has 0 aliphatic carbocycles. The number of anilines is 2. The van der Waals surface area contributed by atoms with Gasteiger partial charge < -0.3 is 15.0 Å². The van der Waals surface area contributed by atoms with E-state index in [4.69, 9.17) is 9.72 Å². The number of aromatic amines is 1. The molecule has 0 atom stereocenters. The van der Waals surface area contributed by atoms with Gasteiger partial charge in [0, 0.05) is 50.7 Å². The number of fused-ring (bicyclic) bond motifs is 1. The average molecular weight is 495 g/mol. The number of morpholine rings is 1. The molecule has 1 aliphatic heterocycles. The van der Waals surface area contributed by atoms with Gasteiger partial charge in [-0.15, -0.1) is 11.3 Å². The van der Waals surface area contributed by atoms with Crippen LogP contribution in [0, 0.1) is 6.92 Å². The highest BCUT2D eigenvalue weighted by Gasteiger charge is 2.23. The molecule has 0 unspecified atom stereocenters. The molecule has 1 amide bonds. The second kappa shape index (κ2) is 10.1. The standard InChI is InChI=1S/C24H30N8O2S/c1-4-31(5-2)24(33)21-17(15-30-6-8-34-9-7-30)10-20(35-21)29-22-23-25-13-19(18-11-26-27-12-18)32(23)14-16(3)28-22/h10-14H,4-9,15H2,1-3H3,(H,26,27)(H,28,29). The van der Waals surface area contributed by atoms with Gasteiger partial charge in [-0.2, -0.15) is 5.10 Å². The monoisotopic (exact) mass is 494 g/mol. The number of thiophene rings is 1. The van der Waals surface area contributed by atoms with E-state index in [1.807, 2.05) is 48.7 Å². The lowest BCUT2D eigenvalue weighted by Crippen LogP contribution is -2.36. The number of aryl methyl sites for hydroxylation is 1. The summed E-state index contributed by atoms with van der Waals surface area (Å²) < 4.78 is 7.52. The van der Waals surface area contributed by atoms with Gasteiger partial charge >= 0.3 is 0 Å². The van der Waals surface area contributed by atoms with Crippen molar-refractivity contribution in [1.82, 2.24) is 34.4 Å². The minimum Gasteiger partial charge on any atom is -0.379 e. The van der Waals surface area contributed by atoms with Crippen molar-refractivity contribution in [2.75, 3.05) is 44.7 Å². The van der Waals surface area contributed by atoms with E-state index in [0.29, 0.717) is 31.1 Å². The second-order valence-electron chi connectivity index (χ2n) is 8.51. The van der Waals surface area contributed by atoms with Crippen LogP contribution >= 0.6 is 11.3 Å². The molecule has 1 saturated heterocycles. The fourth-order valence-corrected chi connectivity index (χ4v) is 5.40. The lowest BCUT2D eigenvalue weighted by Gasteiger charge is -2.27. The summed E-state index contributed by atoms with van der Waals surface area (Å²) in [7, 11) is 0. The summed E-state index contributed by atoms with van der Waals surface area (Å²) in [5.74, 6) is 0.725. The molecule has 5 heterocycles. The van der Waals surface area contributed by atoms with Crippen molar-refractivity contribution in [2.45, 2.75) is 27.3 Å². The van der Waals surface area contributed by atoms with Gasteiger partial charge in [-0.05, 0) is 32.4 Å². The molecule has 4 aromatic heterocycles. The number of rotatable bonds is 8. The molecular weight excluding hydrogens is 464 g/mol. The van der Waals surface area contributed by atoms with Gasteiger partial charge in [0.05, 0.1) is 46.9 Å². The van der Waals surface area contributed by atoms with Gasteiger partial charge in [-0.3, -0.25) is 19.2 Å². The van der Waals surface area contributed by atoms with E-state index in [9.17, 15) is 4.79 Å². The molecule has 10 nitrogen and oxygen atoms in total. The van der Waals surface area contributed by atoms with Gasteiger partial charge in [-0.1, -0.05) is 0 Å². The Bertz CT molecular complexity index is 1300. The van der Waals surface area contributed by atoms with Crippen LogP contribution in [0.1, 0.15) is 34.8 Å². The Labute approximate surface area is 207 Å². The van der Waals surface area contributed by atoms with E-state index < -0.39 is 0 Å². The molecule has 1 fully saturated rings. The molecule has 2 N–H and O–H groups in total. The maximum Gasteiger partial charge on any atom is 0.264 e. The second-order valence-corrected chi connectivity index (χ2v) is 9.56. The van der Waals surface area contributed by atoms with Crippen molar-refractivity contribution in [2.24, 2.45) is 0 Å². The van der Waals surface area contributed by atoms with Crippen LogP contribution in [0.15, 0.2) is 30.9 Å². The lowest BCUT2D eigenvalue weighted by atomic mass is 10.2. The highest BCUT2D eigenvalue weighted by atomic mass is 32.1. The molecule has 5 rings (SSSR count). The van der Waals surface area contributed by atoms with Gasteiger partial charge in [-0.25, -0.2) is 9.97 Å². The minimum atomic E-state index is 0.0710. The first-order chi connectivity index (χ1) is 17.1. The summed E-state index contributed by atoms with van der Waals surface area (Å²) in [4.78, 5) is 27.7. The van der Waals surface area contributed by atoms with Crippen LogP contribution in [0.2, 0.25) is 0 Å². The van der Waals surface area contributed by atoms with E-state index >= 15 is 0 Å². The molecular formula is C24H30N8O2S. The van der Waals surface area contributed by atoms with Crippen LogP contribution in [-0.2, 0) is 11.3 Å². The summed E-state index contributed by atoms with van der Waals surface area (Å²) in [5, 5.41) is 11.2. The quantitative estimate of drug-likeness (QED) is 0.386. The Morgan fingerprint density at radius 3 is 2.77 bits per heavy atom. The van der Waals surface area contributed by atoms with Crippen LogP contribution < -0.4 is 5.32 Å². The summed E-state index contributed by atoms with van der Waals surface area (Å²) >= 11 is 1.48. The number of nitrogens with one attached hydrogen (secondary N) is 2. The molecule has 4 aromatic rings. The fourth-order valence-electron chi connectivity index (χ4n) is 4.36. The molecule has 11 heteroatoms. The zero-order valence-corrected chi connectivity index (χ0v) is 21.1. The molecule has 1 aliphatic rings. The number of carbonyl (C=O) groups excluding carboxylic acids is 1. The maximum atomic E-state index is 13.4. The van der Waals surface area contributed by atoms with Crippen molar-refractivity contribution in [3.8, 4) is 11.3 Å². The number of H-pyrrole nitrogens is 1. The molecule has 0 aromatic carbocycles. The normalized spacial score (nSPS) is 14.5. The number of hydrogen-bond donors (Lipinski definition) is 2. The maximum absolute atomic E-state index is 13.4. The zero-order chi connectivity index (χ0) is 24.4. The van der Waals surface area contributed by atoms with Gasteiger partial charge in [0.1, 0.15) is 0 Å². The third kappa shape index (κ3) is 4.79. The first-order valence-corrected chi connectivity index (χ1v) is 12.7. The van der Waals surface area contributed by atoms with E-state index in [1.165, 1.54) is 11.3 Å². The Morgan fingerprint density at radius 1 is 1.26 bits per heavy atom. The molecule has 35 heavy (non-hydrogen) atoms. The zero-order valence-electron chi connectivity index (χ0n) is 20.2. The number of aromatic nitrogens is 5.